The summed E-state index contributed by atoms with van der Waals surface area (Å²) < 4.78 is 10.2. The SMILES string of the molecule is O=C(Nc1ccccc1Cc1nc(-c2cccnc2)no1)c1ccno1. The van der Waals surface area contributed by atoms with Crippen LogP contribution >= 0.6 is 0 Å². The monoisotopic (exact) mass is 347 g/mol. The summed E-state index contributed by atoms with van der Waals surface area (Å²) in [7, 11) is 0. The van der Waals surface area contributed by atoms with Crippen molar-refractivity contribution in [2.24, 2.45) is 0 Å². The van der Waals surface area contributed by atoms with Crippen LogP contribution in [0.25, 0.3) is 11.4 Å². The predicted molar refractivity (Wildman–Crippen MR) is 91.2 cm³/mol. The quantitative estimate of drug-likeness (QED) is 0.591. The van der Waals surface area contributed by atoms with E-state index in [1.165, 1.54) is 12.3 Å². The maximum atomic E-state index is 12.2. The van der Waals surface area contributed by atoms with Gasteiger partial charge in [0.25, 0.3) is 5.91 Å². The van der Waals surface area contributed by atoms with Gasteiger partial charge < -0.3 is 14.4 Å². The smallest absolute Gasteiger partial charge is 0.294 e. The summed E-state index contributed by atoms with van der Waals surface area (Å²) in [4.78, 5) is 20.6. The number of aromatic nitrogens is 4. The number of para-hydroxylation sites is 1. The average Bonchev–Trinajstić information content (AvgIpc) is 3.36. The van der Waals surface area contributed by atoms with E-state index in [2.05, 4.69) is 25.6 Å². The van der Waals surface area contributed by atoms with Crippen LogP contribution < -0.4 is 5.32 Å². The molecule has 0 saturated carbocycles. The van der Waals surface area contributed by atoms with Crippen molar-refractivity contribution in [3.63, 3.8) is 0 Å². The summed E-state index contributed by atoms with van der Waals surface area (Å²) in [5.74, 6) is 0.662. The molecular formula is C18H13N5O3. The van der Waals surface area contributed by atoms with Crippen LogP contribution in [0.2, 0.25) is 0 Å². The van der Waals surface area contributed by atoms with Crippen molar-refractivity contribution < 1.29 is 13.8 Å². The molecule has 0 bridgehead atoms. The number of benzene rings is 1. The number of carbonyl (C=O) groups is 1. The maximum Gasteiger partial charge on any atom is 0.294 e. The fourth-order valence-electron chi connectivity index (χ4n) is 2.42. The molecule has 3 heterocycles. The van der Waals surface area contributed by atoms with Crippen molar-refractivity contribution in [2.75, 3.05) is 5.32 Å². The highest BCUT2D eigenvalue weighted by Gasteiger charge is 2.15. The van der Waals surface area contributed by atoms with Crippen molar-refractivity contribution >= 4 is 11.6 Å². The van der Waals surface area contributed by atoms with Gasteiger partial charge in [0.1, 0.15) is 0 Å². The van der Waals surface area contributed by atoms with E-state index in [1.54, 1.807) is 24.5 Å². The lowest BCUT2D eigenvalue weighted by atomic mass is 10.1. The molecule has 0 aliphatic carbocycles. The Hall–Kier alpha value is -3.81. The second-order valence-electron chi connectivity index (χ2n) is 5.42. The summed E-state index contributed by atoms with van der Waals surface area (Å²) >= 11 is 0. The molecule has 1 aromatic carbocycles. The van der Waals surface area contributed by atoms with Gasteiger partial charge in [-0.05, 0) is 23.8 Å². The van der Waals surface area contributed by atoms with E-state index in [-0.39, 0.29) is 11.7 Å². The first-order valence-corrected chi connectivity index (χ1v) is 7.82. The van der Waals surface area contributed by atoms with Gasteiger partial charge in [-0.2, -0.15) is 4.98 Å². The number of amides is 1. The maximum absolute atomic E-state index is 12.2. The van der Waals surface area contributed by atoms with Crippen LogP contribution in [0.4, 0.5) is 5.69 Å². The van der Waals surface area contributed by atoms with Crippen LogP contribution in [-0.2, 0) is 6.42 Å². The zero-order valence-corrected chi connectivity index (χ0v) is 13.5. The molecule has 3 aromatic heterocycles. The molecule has 1 amide bonds. The van der Waals surface area contributed by atoms with Gasteiger partial charge in [-0.1, -0.05) is 28.5 Å². The fourth-order valence-corrected chi connectivity index (χ4v) is 2.42. The van der Waals surface area contributed by atoms with Crippen LogP contribution in [0.15, 0.2) is 70.1 Å². The van der Waals surface area contributed by atoms with Crippen molar-refractivity contribution in [2.45, 2.75) is 6.42 Å². The minimum Gasteiger partial charge on any atom is -0.351 e. The Labute approximate surface area is 147 Å². The minimum atomic E-state index is -0.378. The Balaban J connectivity index is 1.54. The van der Waals surface area contributed by atoms with Crippen LogP contribution in [-0.4, -0.2) is 26.2 Å². The Bertz CT molecular complexity index is 1010. The summed E-state index contributed by atoms with van der Waals surface area (Å²) in [5.41, 5.74) is 2.24. The number of pyridine rings is 1. The molecule has 4 rings (SSSR count). The molecule has 0 unspecified atom stereocenters. The van der Waals surface area contributed by atoms with E-state index in [9.17, 15) is 4.79 Å². The Morgan fingerprint density at radius 2 is 1.96 bits per heavy atom. The number of rotatable bonds is 5. The number of hydrogen-bond acceptors (Lipinski definition) is 7. The highest BCUT2D eigenvalue weighted by molar-refractivity contribution is 6.02. The molecule has 0 atom stereocenters. The largest absolute Gasteiger partial charge is 0.351 e. The van der Waals surface area contributed by atoms with Crippen LogP contribution in [0.5, 0.6) is 0 Å². The zero-order valence-electron chi connectivity index (χ0n) is 13.5. The molecule has 0 spiro atoms. The summed E-state index contributed by atoms with van der Waals surface area (Å²) in [5, 5.41) is 10.3. The van der Waals surface area contributed by atoms with E-state index in [4.69, 9.17) is 9.05 Å². The molecule has 8 heteroatoms. The lowest BCUT2D eigenvalue weighted by Crippen LogP contribution is -2.12. The molecule has 26 heavy (non-hydrogen) atoms. The molecule has 1 N–H and O–H groups in total. The van der Waals surface area contributed by atoms with Gasteiger partial charge in [-0.3, -0.25) is 9.78 Å². The van der Waals surface area contributed by atoms with E-state index in [0.717, 1.165) is 11.1 Å². The van der Waals surface area contributed by atoms with Crippen molar-refractivity contribution in [3.05, 3.63) is 78.3 Å². The highest BCUT2D eigenvalue weighted by atomic mass is 16.5. The molecule has 128 valence electrons. The summed E-state index contributed by atoms with van der Waals surface area (Å²) in [6.07, 6.45) is 5.14. The topological polar surface area (TPSA) is 107 Å². The third kappa shape index (κ3) is 3.34. The molecular weight excluding hydrogens is 334 g/mol. The molecule has 0 aliphatic rings. The second-order valence-corrected chi connectivity index (χ2v) is 5.42. The number of nitrogens with one attached hydrogen (secondary N) is 1. The van der Waals surface area contributed by atoms with Gasteiger partial charge in [0.15, 0.2) is 0 Å². The van der Waals surface area contributed by atoms with Gasteiger partial charge >= 0.3 is 0 Å². The molecule has 0 aliphatic heterocycles. The first-order chi connectivity index (χ1) is 12.8. The van der Waals surface area contributed by atoms with Crippen molar-refractivity contribution in [3.8, 4) is 11.4 Å². The first-order valence-electron chi connectivity index (χ1n) is 7.82. The summed E-state index contributed by atoms with van der Waals surface area (Å²) in [6.45, 7) is 0. The highest BCUT2D eigenvalue weighted by Crippen LogP contribution is 2.21. The Kier molecular flexibility index (Phi) is 4.21. The Morgan fingerprint density at radius 1 is 1.04 bits per heavy atom. The Morgan fingerprint density at radius 3 is 2.77 bits per heavy atom. The fraction of sp³-hybridized carbons (Fsp3) is 0.0556. The number of carbonyl (C=O) groups excluding carboxylic acids is 1. The lowest BCUT2D eigenvalue weighted by molar-refractivity contribution is 0.0988. The van der Waals surface area contributed by atoms with Gasteiger partial charge in [0.05, 0.1) is 12.6 Å². The van der Waals surface area contributed by atoms with E-state index < -0.39 is 0 Å². The van der Waals surface area contributed by atoms with Crippen LogP contribution in [0.3, 0.4) is 0 Å². The predicted octanol–water partition coefficient (Wildman–Crippen LogP) is 2.96. The van der Waals surface area contributed by atoms with Crippen molar-refractivity contribution in [1.29, 1.82) is 0 Å². The number of hydrogen-bond donors (Lipinski definition) is 1. The van der Waals surface area contributed by atoms with Gasteiger partial charge in [0, 0.05) is 29.7 Å². The normalized spacial score (nSPS) is 10.6. The molecule has 0 fully saturated rings. The summed E-state index contributed by atoms with van der Waals surface area (Å²) in [6, 6.07) is 12.5. The van der Waals surface area contributed by atoms with Gasteiger partial charge in [0.2, 0.25) is 17.5 Å². The lowest BCUT2D eigenvalue weighted by Gasteiger charge is -2.08. The van der Waals surface area contributed by atoms with E-state index >= 15 is 0 Å². The van der Waals surface area contributed by atoms with Crippen LogP contribution in [0.1, 0.15) is 22.0 Å². The van der Waals surface area contributed by atoms with Crippen molar-refractivity contribution in [1.82, 2.24) is 20.3 Å². The van der Waals surface area contributed by atoms with E-state index in [0.29, 0.717) is 23.8 Å². The second kappa shape index (κ2) is 6.98. The van der Waals surface area contributed by atoms with Gasteiger partial charge in [-0.15, -0.1) is 0 Å². The number of nitrogens with zero attached hydrogens (tertiary/aromatic N) is 4. The molecule has 0 saturated heterocycles. The minimum absolute atomic E-state index is 0.136. The zero-order chi connectivity index (χ0) is 17.8. The standard InChI is InChI=1S/C18H13N5O3/c24-18(15-7-9-20-25-15)21-14-6-2-1-4-12(14)10-16-22-17(23-26-16)13-5-3-8-19-11-13/h1-9,11H,10H2,(H,21,24). The van der Waals surface area contributed by atoms with Crippen LogP contribution in [0, 0.1) is 0 Å². The number of anilines is 1. The molecule has 0 radical (unpaired) electrons. The third-order valence-corrected chi connectivity index (χ3v) is 3.66. The third-order valence-electron chi connectivity index (χ3n) is 3.66. The van der Waals surface area contributed by atoms with E-state index in [1.807, 2.05) is 24.3 Å². The van der Waals surface area contributed by atoms with Gasteiger partial charge in [-0.25, -0.2) is 0 Å². The first kappa shape index (κ1) is 15.7. The molecule has 4 aromatic rings. The molecule has 8 nitrogen and oxygen atoms in total. The average molecular weight is 347 g/mol.